The van der Waals surface area contributed by atoms with Crippen molar-refractivity contribution >= 4 is 29.3 Å². The summed E-state index contributed by atoms with van der Waals surface area (Å²) in [4.78, 5) is 24.5. The number of thioether (sulfide) groups is 1. The number of anilines is 1. The normalized spacial score (nSPS) is 13.2. The van der Waals surface area contributed by atoms with Crippen LogP contribution in [0.4, 0.5) is 10.1 Å². The number of hydrogen-bond donors (Lipinski definition) is 2. The largest absolute Gasteiger partial charge is 0.352 e. The number of rotatable bonds is 4. The molecule has 0 radical (unpaired) electrons. The van der Waals surface area contributed by atoms with Crippen LogP contribution >= 0.6 is 11.8 Å². The van der Waals surface area contributed by atoms with Crippen LogP contribution in [0.5, 0.6) is 0 Å². The molecule has 0 saturated carbocycles. The summed E-state index contributed by atoms with van der Waals surface area (Å²) in [7, 11) is 0. The van der Waals surface area contributed by atoms with Crippen LogP contribution in [-0.2, 0) is 11.2 Å². The van der Waals surface area contributed by atoms with Crippen molar-refractivity contribution in [2.75, 3.05) is 17.6 Å². The van der Waals surface area contributed by atoms with E-state index in [0.29, 0.717) is 30.0 Å². The standard InChI is InChI=1S/C17H15FN2O2S/c18-13-4-1-11(2-5-13)7-8-19-17(22)12-3-6-15-14(9-12)20-16(21)10-23-15/h1-6,9H,7-8,10H2,(H,19,22)(H,20,21). The Morgan fingerprint density at radius 1 is 1.22 bits per heavy atom. The van der Waals surface area contributed by atoms with Gasteiger partial charge in [0.25, 0.3) is 5.91 Å². The Morgan fingerprint density at radius 2 is 2.00 bits per heavy atom. The van der Waals surface area contributed by atoms with Gasteiger partial charge >= 0.3 is 0 Å². The minimum Gasteiger partial charge on any atom is -0.352 e. The number of carbonyl (C=O) groups excluding carboxylic acids is 2. The zero-order valence-electron chi connectivity index (χ0n) is 12.3. The highest BCUT2D eigenvalue weighted by molar-refractivity contribution is 8.00. The van der Waals surface area contributed by atoms with E-state index < -0.39 is 0 Å². The molecule has 0 atom stereocenters. The Bertz CT molecular complexity index is 747. The molecular weight excluding hydrogens is 315 g/mol. The lowest BCUT2D eigenvalue weighted by molar-refractivity contribution is -0.113. The molecule has 0 aliphatic carbocycles. The van der Waals surface area contributed by atoms with Gasteiger partial charge in [0.1, 0.15) is 5.82 Å². The molecule has 0 unspecified atom stereocenters. The van der Waals surface area contributed by atoms with Crippen LogP contribution in [0.1, 0.15) is 15.9 Å². The molecule has 0 saturated heterocycles. The smallest absolute Gasteiger partial charge is 0.251 e. The monoisotopic (exact) mass is 330 g/mol. The number of amides is 2. The summed E-state index contributed by atoms with van der Waals surface area (Å²) >= 11 is 1.46. The molecule has 2 N–H and O–H groups in total. The summed E-state index contributed by atoms with van der Waals surface area (Å²) in [5.74, 6) is -0.126. The molecule has 0 aromatic heterocycles. The summed E-state index contributed by atoms with van der Waals surface area (Å²) < 4.78 is 12.8. The van der Waals surface area contributed by atoms with Gasteiger partial charge in [0.2, 0.25) is 5.91 Å². The van der Waals surface area contributed by atoms with Crippen LogP contribution in [0.3, 0.4) is 0 Å². The van der Waals surface area contributed by atoms with E-state index in [1.54, 1.807) is 24.3 Å². The molecule has 0 bridgehead atoms. The number of carbonyl (C=O) groups is 2. The first-order chi connectivity index (χ1) is 11.1. The van der Waals surface area contributed by atoms with E-state index in [1.165, 1.54) is 23.9 Å². The van der Waals surface area contributed by atoms with Crippen LogP contribution in [0, 0.1) is 5.82 Å². The van der Waals surface area contributed by atoms with Gasteiger partial charge < -0.3 is 10.6 Å². The van der Waals surface area contributed by atoms with Crippen LogP contribution < -0.4 is 10.6 Å². The van der Waals surface area contributed by atoms with Gasteiger partial charge in [-0.3, -0.25) is 9.59 Å². The minimum absolute atomic E-state index is 0.0589. The van der Waals surface area contributed by atoms with E-state index in [9.17, 15) is 14.0 Å². The third-order valence-corrected chi connectivity index (χ3v) is 4.56. The Kier molecular flexibility index (Phi) is 4.62. The first-order valence-electron chi connectivity index (χ1n) is 7.21. The van der Waals surface area contributed by atoms with Gasteiger partial charge in [-0.2, -0.15) is 0 Å². The lowest BCUT2D eigenvalue weighted by atomic mass is 10.1. The quantitative estimate of drug-likeness (QED) is 0.906. The van der Waals surface area contributed by atoms with Crippen molar-refractivity contribution in [3.8, 4) is 0 Å². The van der Waals surface area contributed by atoms with Crippen LogP contribution in [0.25, 0.3) is 0 Å². The first kappa shape index (κ1) is 15.6. The highest BCUT2D eigenvalue weighted by Crippen LogP contribution is 2.31. The van der Waals surface area contributed by atoms with E-state index in [1.807, 2.05) is 6.07 Å². The maximum Gasteiger partial charge on any atom is 0.251 e. The van der Waals surface area contributed by atoms with Crippen LogP contribution in [0.2, 0.25) is 0 Å². The predicted molar refractivity (Wildman–Crippen MR) is 88.2 cm³/mol. The maximum absolute atomic E-state index is 12.8. The van der Waals surface area contributed by atoms with E-state index in [-0.39, 0.29) is 17.6 Å². The first-order valence-corrected chi connectivity index (χ1v) is 8.20. The number of benzene rings is 2. The van der Waals surface area contributed by atoms with Crippen molar-refractivity contribution in [2.24, 2.45) is 0 Å². The second-order valence-electron chi connectivity index (χ2n) is 5.18. The molecular formula is C17H15FN2O2S. The molecule has 2 aromatic carbocycles. The van der Waals surface area contributed by atoms with Crippen molar-refractivity contribution in [3.63, 3.8) is 0 Å². The topological polar surface area (TPSA) is 58.2 Å². The minimum atomic E-state index is -0.272. The van der Waals surface area contributed by atoms with Crippen molar-refractivity contribution in [2.45, 2.75) is 11.3 Å². The van der Waals surface area contributed by atoms with Gasteiger partial charge in [0.05, 0.1) is 11.4 Å². The summed E-state index contributed by atoms with van der Waals surface area (Å²) in [5, 5.41) is 5.59. The van der Waals surface area contributed by atoms with Crippen LogP contribution in [-0.4, -0.2) is 24.1 Å². The molecule has 0 spiro atoms. The van der Waals surface area contributed by atoms with E-state index in [2.05, 4.69) is 10.6 Å². The summed E-state index contributed by atoms with van der Waals surface area (Å²) in [6.45, 7) is 0.461. The Balaban J connectivity index is 1.59. The number of nitrogens with one attached hydrogen (secondary N) is 2. The zero-order chi connectivity index (χ0) is 16.2. The van der Waals surface area contributed by atoms with Gasteiger partial charge in [-0.05, 0) is 42.3 Å². The molecule has 2 amide bonds. The van der Waals surface area contributed by atoms with Gasteiger partial charge in [0.15, 0.2) is 0 Å². The molecule has 3 rings (SSSR count). The SMILES string of the molecule is O=C1CSc2ccc(C(=O)NCCc3ccc(F)cc3)cc2N1. The Morgan fingerprint density at radius 3 is 2.78 bits per heavy atom. The molecule has 2 aromatic rings. The van der Waals surface area contributed by atoms with Gasteiger partial charge in [0, 0.05) is 17.0 Å². The van der Waals surface area contributed by atoms with E-state index in [4.69, 9.17) is 0 Å². The third kappa shape index (κ3) is 3.90. The molecule has 4 nitrogen and oxygen atoms in total. The molecule has 1 aliphatic heterocycles. The predicted octanol–water partition coefficient (Wildman–Crippen LogP) is 2.84. The van der Waals surface area contributed by atoms with Crippen molar-refractivity contribution in [1.29, 1.82) is 0 Å². The highest BCUT2D eigenvalue weighted by atomic mass is 32.2. The molecule has 118 valence electrons. The third-order valence-electron chi connectivity index (χ3n) is 3.49. The lowest BCUT2D eigenvalue weighted by Gasteiger charge is -2.16. The number of fused-ring (bicyclic) bond motifs is 1. The fourth-order valence-electron chi connectivity index (χ4n) is 2.30. The maximum atomic E-state index is 12.8. The average Bonchev–Trinajstić information content (AvgIpc) is 2.56. The van der Waals surface area contributed by atoms with Crippen LogP contribution in [0.15, 0.2) is 47.4 Å². The van der Waals surface area contributed by atoms with Crippen molar-refractivity contribution in [1.82, 2.24) is 5.32 Å². The molecule has 1 heterocycles. The second-order valence-corrected chi connectivity index (χ2v) is 6.20. The van der Waals surface area contributed by atoms with Crippen molar-refractivity contribution < 1.29 is 14.0 Å². The van der Waals surface area contributed by atoms with Gasteiger partial charge in [-0.15, -0.1) is 11.8 Å². The summed E-state index contributed by atoms with van der Waals surface area (Å²) in [5.41, 5.74) is 2.14. The summed E-state index contributed by atoms with van der Waals surface area (Å²) in [6, 6.07) is 11.5. The Hall–Kier alpha value is -2.34. The fourth-order valence-corrected chi connectivity index (χ4v) is 3.09. The molecule has 1 aliphatic rings. The van der Waals surface area contributed by atoms with E-state index >= 15 is 0 Å². The van der Waals surface area contributed by atoms with Gasteiger partial charge in [-0.1, -0.05) is 12.1 Å². The average molecular weight is 330 g/mol. The number of hydrogen-bond acceptors (Lipinski definition) is 3. The molecule has 0 fully saturated rings. The lowest BCUT2D eigenvalue weighted by Crippen LogP contribution is -2.26. The number of halogens is 1. The summed E-state index contributed by atoms with van der Waals surface area (Å²) in [6.07, 6.45) is 0.629. The highest BCUT2D eigenvalue weighted by Gasteiger charge is 2.17. The van der Waals surface area contributed by atoms with E-state index in [0.717, 1.165) is 10.5 Å². The van der Waals surface area contributed by atoms with Crippen molar-refractivity contribution in [3.05, 3.63) is 59.4 Å². The Labute approximate surface area is 137 Å². The fraction of sp³-hybridized carbons (Fsp3) is 0.176. The second kappa shape index (κ2) is 6.83. The van der Waals surface area contributed by atoms with Gasteiger partial charge in [-0.25, -0.2) is 4.39 Å². The molecule has 6 heteroatoms. The molecule has 23 heavy (non-hydrogen) atoms. The zero-order valence-corrected chi connectivity index (χ0v) is 13.1.